The van der Waals surface area contributed by atoms with E-state index in [1.54, 1.807) is 12.3 Å². The zero-order valence-corrected chi connectivity index (χ0v) is 11.5. The van der Waals surface area contributed by atoms with E-state index in [-0.39, 0.29) is 5.75 Å². The summed E-state index contributed by atoms with van der Waals surface area (Å²) in [5.74, 6) is 0.717. The number of pyridine rings is 1. The topological polar surface area (TPSA) is 62.3 Å². The molecule has 0 fully saturated rings. The summed E-state index contributed by atoms with van der Waals surface area (Å²) < 4.78 is 25.0. The van der Waals surface area contributed by atoms with Crippen molar-refractivity contribution in [3.05, 3.63) is 22.8 Å². The maximum absolute atomic E-state index is 11.4. The van der Waals surface area contributed by atoms with E-state index in [1.807, 2.05) is 6.07 Å². The van der Waals surface area contributed by atoms with E-state index in [0.717, 1.165) is 4.47 Å². The van der Waals surface area contributed by atoms with E-state index in [0.29, 0.717) is 12.4 Å². The number of anilines is 1. The van der Waals surface area contributed by atoms with Crippen LogP contribution in [0.25, 0.3) is 0 Å². The molecule has 90 valence electrons. The highest BCUT2D eigenvalue weighted by atomic mass is 79.9. The van der Waals surface area contributed by atoms with E-state index >= 15 is 0 Å². The fourth-order valence-electron chi connectivity index (χ4n) is 0.971. The predicted octanol–water partition coefficient (Wildman–Crippen LogP) is 1.15. The van der Waals surface area contributed by atoms with Crippen LogP contribution in [0.5, 0.6) is 0 Å². The van der Waals surface area contributed by atoms with Gasteiger partial charge in [-0.3, -0.25) is 0 Å². The Balaban J connectivity index is 2.45. The second-order valence-corrected chi connectivity index (χ2v) is 6.60. The lowest BCUT2D eigenvalue weighted by atomic mass is 10.4. The molecule has 0 aliphatic heterocycles. The monoisotopic (exact) mass is 307 g/mol. The van der Waals surface area contributed by atoms with Gasteiger partial charge >= 0.3 is 0 Å². The minimum Gasteiger partial charge on any atom is -0.369 e. The number of aromatic nitrogens is 1. The molecule has 0 radical (unpaired) electrons. The van der Waals surface area contributed by atoms with Crippen molar-refractivity contribution in [2.75, 3.05) is 31.7 Å². The summed E-state index contributed by atoms with van der Waals surface area (Å²) >= 11 is 3.27. The molecule has 0 saturated heterocycles. The molecule has 0 bridgehead atoms. The molecule has 16 heavy (non-hydrogen) atoms. The summed E-state index contributed by atoms with van der Waals surface area (Å²) in [6.45, 7) is 0.342. The zero-order valence-electron chi connectivity index (χ0n) is 9.14. The molecule has 0 aliphatic carbocycles. The zero-order chi connectivity index (χ0) is 12.2. The Labute approximate surface area is 104 Å². The number of hydrogen-bond acceptors (Lipinski definition) is 4. The third-order valence-electron chi connectivity index (χ3n) is 1.95. The first-order chi connectivity index (χ1) is 7.42. The first-order valence-electron chi connectivity index (χ1n) is 4.67. The summed E-state index contributed by atoms with van der Waals surface area (Å²) in [6, 6.07) is 3.63. The largest absolute Gasteiger partial charge is 0.369 e. The van der Waals surface area contributed by atoms with E-state index < -0.39 is 10.0 Å². The van der Waals surface area contributed by atoms with Crippen molar-refractivity contribution in [3.8, 4) is 0 Å². The molecule has 0 aliphatic rings. The Morgan fingerprint density at radius 1 is 1.44 bits per heavy atom. The van der Waals surface area contributed by atoms with Gasteiger partial charge in [0.1, 0.15) is 5.82 Å². The molecule has 0 unspecified atom stereocenters. The minimum absolute atomic E-state index is 0.0533. The van der Waals surface area contributed by atoms with Crippen LogP contribution in [-0.2, 0) is 10.0 Å². The Kier molecular flexibility index (Phi) is 4.69. The average Bonchev–Trinajstić information content (AvgIpc) is 2.20. The lowest BCUT2D eigenvalue weighted by Crippen LogP contribution is -2.28. The lowest BCUT2D eigenvalue weighted by molar-refractivity contribution is 0.521. The van der Waals surface area contributed by atoms with Crippen LogP contribution < -0.4 is 5.32 Å². The van der Waals surface area contributed by atoms with E-state index in [1.165, 1.54) is 18.4 Å². The number of halogens is 1. The fraction of sp³-hybridized carbons (Fsp3) is 0.444. The first kappa shape index (κ1) is 13.4. The Morgan fingerprint density at radius 2 is 2.12 bits per heavy atom. The van der Waals surface area contributed by atoms with Gasteiger partial charge in [0, 0.05) is 31.3 Å². The smallest absolute Gasteiger partial charge is 0.215 e. The van der Waals surface area contributed by atoms with Crippen molar-refractivity contribution >= 4 is 31.8 Å². The average molecular weight is 308 g/mol. The van der Waals surface area contributed by atoms with Crippen LogP contribution in [0, 0.1) is 0 Å². The van der Waals surface area contributed by atoms with Crippen molar-refractivity contribution in [1.82, 2.24) is 9.29 Å². The molecule has 1 aromatic rings. The van der Waals surface area contributed by atoms with Gasteiger partial charge in [0.25, 0.3) is 0 Å². The summed E-state index contributed by atoms with van der Waals surface area (Å²) in [4.78, 5) is 4.08. The van der Waals surface area contributed by atoms with E-state index in [4.69, 9.17) is 0 Å². The maximum Gasteiger partial charge on any atom is 0.215 e. The normalized spacial score (nSPS) is 11.8. The molecule has 5 nitrogen and oxygen atoms in total. The molecular formula is C9H14BrN3O2S. The fourth-order valence-corrected chi connectivity index (χ4v) is 1.93. The number of nitrogens with one attached hydrogen (secondary N) is 1. The number of hydrogen-bond donors (Lipinski definition) is 1. The highest BCUT2D eigenvalue weighted by Crippen LogP contribution is 2.10. The third-order valence-corrected chi connectivity index (χ3v) is 4.25. The molecule has 1 aromatic heterocycles. The van der Waals surface area contributed by atoms with Gasteiger partial charge in [-0.05, 0) is 28.1 Å². The molecule has 1 N–H and O–H groups in total. The van der Waals surface area contributed by atoms with Crippen molar-refractivity contribution in [1.29, 1.82) is 0 Å². The highest BCUT2D eigenvalue weighted by molar-refractivity contribution is 9.10. The lowest BCUT2D eigenvalue weighted by Gasteiger charge is -2.11. The molecule has 0 atom stereocenters. The standard InChI is InChI=1S/C9H14BrN3O2S/c1-13(2)16(14,15)6-5-11-9-4-3-8(10)7-12-9/h3-4,7H,5-6H2,1-2H3,(H,11,12). The van der Waals surface area contributed by atoms with Crippen LogP contribution >= 0.6 is 15.9 Å². The van der Waals surface area contributed by atoms with E-state index in [9.17, 15) is 8.42 Å². The predicted molar refractivity (Wildman–Crippen MR) is 67.9 cm³/mol. The van der Waals surface area contributed by atoms with Gasteiger partial charge in [0.15, 0.2) is 0 Å². The van der Waals surface area contributed by atoms with Crippen LogP contribution in [0.1, 0.15) is 0 Å². The molecule has 0 saturated carbocycles. The molecule has 1 heterocycles. The molecule has 1 rings (SSSR count). The van der Waals surface area contributed by atoms with Crippen LogP contribution in [0.15, 0.2) is 22.8 Å². The summed E-state index contributed by atoms with van der Waals surface area (Å²) in [7, 11) is -0.101. The molecule has 0 aromatic carbocycles. The summed E-state index contributed by atoms with van der Waals surface area (Å²) in [6.07, 6.45) is 1.66. The van der Waals surface area contributed by atoms with Crippen molar-refractivity contribution in [2.45, 2.75) is 0 Å². The van der Waals surface area contributed by atoms with Gasteiger partial charge in [0.05, 0.1) is 5.75 Å². The van der Waals surface area contributed by atoms with Crippen LogP contribution in [-0.4, -0.2) is 44.1 Å². The first-order valence-corrected chi connectivity index (χ1v) is 7.07. The minimum atomic E-state index is -3.14. The van der Waals surface area contributed by atoms with Gasteiger partial charge in [-0.25, -0.2) is 17.7 Å². The number of nitrogens with zero attached hydrogens (tertiary/aromatic N) is 2. The van der Waals surface area contributed by atoms with Crippen LogP contribution in [0.2, 0.25) is 0 Å². The molecule has 0 spiro atoms. The van der Waals surface area contributed by atoms with Crippen molar-refractivity contribution < 1.29 is 8.42 Å². The van der Waals surface area contributed by atoms with E-state index in [2.05, 4.69) is 26.2 Å². The Hall–Kier alpha value is -0.660. The second-order valence-electron chi connectivity index (χ2n) is 3.39. The highest BCUT2D eigenvalue weighted by Gasteiger charge is 2.12. The van der Waals surface area contributed by atoms with Gasteiger partial charge in [-0.15, -0.1) is 0 Å². The molecule has 7 heteroatoms. The number of rotatable bonds is 5. The van der Waals surface area contributed by atoms with Crippen molar-refractivity contribution in [2.24, 2.45) is 0 Å². The SMILES string of the molecule is CN(C)S(=O)(=O)CCNc1ccc(Br)cn1. The van der Waals surface area contributed by atoms with Gasteiger partial charge in [-0.2, -0.15) is 0 Å². The summed E-state index contributed by atoms with van der Waals surface area (Å²) in [5, 5.41) is 2.95. The second kappa shape index (κ2) is 5.60. The van der Waals surface area contributed by atoms with Gasteiger partial charge in [-0.1, -0.05) is 0 Å². The number of sulfonamides is 1. The maximum atomic E-state index is 11.4. The Morgan fingerprint density at radius 3 is 2.62 bits per heavy atom. The third kappa shape index (κ3) is 4.07. The van der Waals surface area contributed by atoms with Crippen molar-refractivity contribution in [3.63, 3.8) is 0 Å². The quantitative estimate of drug-likeness (QED) is 0.886. The van der Waals surface area contributed by atoms with Gasteiger partial charge in [0.2, 0.25) is 10.0 Å². The van der Waals surface area contributed by atoms with Crippen LogP contribution in [0.4, 0.5) is 5.82 Å². The molecular weight excluding hydrogens is 294 g/mol. The van der Waals surface area contributed by atoms with Gasteiger partial charge < -0.3 is 5.32 Å². The summed E-state index contributed by atoms with van der Waals surface area (Å²) in [5.41, 5.74) is 0. The van der Waals surface area contributed by atoms with Crippen LogP contribution in [0.3, 0.4) is 0 Å². The molecule has 0 amide bonds. The Bertz CT molecular complexity index is 431.